The summed E-state index contributed by atoms with van der Waals surface area (Å²) in [5.74, 6) is 1.11. The minimum Gasteiger partial charge on any atom is -0.377 e. The van der Waals surface area contributed by atoms with Crippen LogP contribution in [0.4, 0.5) is 0 Å². The van der Waals surface area contributed by atoms with Gasteiger partial charge in [0.1, 0.15) is 0 Å². The monoisotopic (exact) mass is 225 g/mol. The smallest absolute Gasteiger partial charge is 0.220 e. The molecule has 0 aromatic carbocycles. The van der Waals surface area contributed by atoms with Gasteiger partial charge in [-0.25, -0.2) is 0 Å². The molecule has 1 aliphatic carbocycles. The van der Waals surface area contributed by atoms with Gasteiger partial charge in [0, 0.05) is 6.42 Å². The molecule has 0 spiro atoms. The Hall–Kier alpha value is -0.570. The summed E-state index contributed by atoms with van der Waals surface area (Å²) < 4.78 is 5.02. The number of carbonyl (C=O) groups is 1. The third kappa shape index (κ3) is 3.78. The van der Waals surface area contributed by atoms with Gasteiger partial charge in [-0.05, 0) is 18.8 Å². The van der Waals surface area contributed by atoms with Crippen molar-refractivity contribution in [2.24, 2.45) is 5.92 Å². The number of nitrogens with one attached hydrogen (secondary N) is 1. The first kappa shape index (κ1) is 11.9. The Kier molecular flexibility index (Phi) is 4.64. The van der Waals surface area contributed by atoms with Gasteiger partial charge in [-0.2, -0.15) is 0 Å². The highest BCUT2D eigenvalue weighted by Gasteiger charge is 2.20. The molecule has 1 saturated heterocycles. The van der Waals surface area contributed by atoms with E-state index in [0.29, 0.717) is 25.7 Å². The summed E-state index contributed by atoms with van der Waals surface area (Å²) in [6, 6.07) is 0.294. The number of ether oxygens (including phenoxy) is 1. The first-order valence-electron chi connectivity index (χ1n) is 6.71. The van der Waals surface area contributed by atoms with Gasteiger partial charge >= 0.3 is 0 Å². The standard InChI is InChI=1S/C13H23NO2/c15-13(14-12-9-16-10-12)8-4-7-11-5-2-1-3-6-11/h11-12H,1-10H2,(H,14,15). The molecule has 2 fully saturated rings. The van der Waals surface area contributed by atoms with Crippen molar-refractivity contribution in [1.29, 1.82) is 0 Å². The van der Waals surface area contributed by atoms with E-state index in [2.05, 4.69) is 5.32 Å². The van der Waals surface area contributed by atoms with Gasteiger partial charge < -0.3 is 10.1 Å². The van der Waals surface area contributed by atoms with Crippen molar-refractivity contribution < 1.29 is 9.53 Å². The van der Waals surface area contributed by atoms with Crippen molar-refractivity contribution in [3.8, 4) is 0 Å². The SMILES string of the molecule is O=C(CCCC1CCCCC1)NC1COC1. The Labute approximate surface area is 97.9 Å². The van der Waals surface area contributed by atoms with E-state index in [1.165, 1.54) is 38.5 Å². The Morgan fingerprint density at radius 1 is 1.19 bits per heavy atom. The molecule has 0 radical (unpaired) electrons. The zero-order valence-electron chi connectivity index (χ0n) is 10.0. The average Bonchev–Trinajstić information content (AvgIpc) is 2.25. The molecule has 1 aliphatic heterocycles. The fourth-order valence-corrected chi connectivity index (χ4v) is 2.65. The first-order valence-corrected chi connectivity index (χ1v) is 6.71. The Morgan fingerprint density at radius 2 is 1.94 bits per heavy atom. The average molecular weight is 225 g/mol. The summed E-state index contributed by atoms with van der Waals surface area (Å²) >= 11 is 0. The van der Waals surface area contributed by atoms with Crippen molar-refractivity contribution in [2.45, 2.75) is 57.4 Å². The summed E-state index contributed by atoms with van der Waals surface area (Å²) in [6.07, 6.45) is 9.99. The lowest BCUT2D eigenvalue weighted by molar-refractivity contribution is -0.125. The predicted molar refractivity (Wildman–Crippen MR) is 63.2 cm³/mol. The second-order valence-electron chi connectivity index (χ2n) is 5.20. The lowest BCUT2D eigenvalue weighted by atomic mass is 9.86. The summed E-state index contributed by atoms with van der Waals surface area (Å²) in [7, 11) is 0. The minimum absolute atomic E-state index is 0.212. The second kappa shape index (κ2) is 6.24. The van der Waals surface area contributed by atoms with Gasteiger partial charge in [0.25, 0.3) is 0 Å². The molecule has 0 bridgehead atoms. The van der Waals surface area contributed by atoms with E-state index in [-0.39, 0.29) is 5.91 Å². The zero-order chi connectivity index (χ0) is 11.2. The minimum atomic E-state index is 0.212. The molecular formula is C13H23NO2. The van der Waals surface area contributed by atoms with Crippen LogP contribution in [-0.4, -0.2) is 25.2 Å². The van der Waals surface area contributed by atoms with Gasteiger partial charge in [0.05, 0.1) is 19.3 Å². The molecule has 3 nitrogen and oxygen atoms in total. The van der Waals surface area contributed by atoms with Crippen LogP contribution >= 0.6 is 0 Å². The molecule has 1 amide bonds. The summed E-state index contributed by atoms with van der Waals surface area (Å²) in [6.45, 7) is 1.41. The van der Waals surface area contributed by atoms with Gasteiger partial charge in [-0.15, -0.1) is 0 Å². The lowest BCUT2D eigenvalue weighted by Gasteiger charge is -2.27. The number of hydrogen-bond acceptors (Lipinski definition) is 2. The Morgan fingerprint density at radius 3 is 2.56 bits per heavy atom. The quantitative estimate of drug-likeness (QED) is 0.779. The summed E-state index contributed by atoms with van der Waals surface area (Å²) in [4.78, 5) is 11.5. The molecule has 16 heavy (non-hydrogen) atoms. The van der Waals surface area contributed by atoms with Crippen LogP contribution in [0.5, 0.6) is 0 Å². The van der Waals surface area contributed by atoms with Crippen LogP contribution in [0, 0.1) is 5.92 Å². The Bertz CT molecular complexity index is 220. The van der Waals surface area contributed by atoms with Crippen LogP contribution in [0.2, 0.25) is 0 Å². The molecule has 1 heterocycles. The van der Waals surface area contributed by atoms with E-state index in [1.54, 1.807) is 0 Å². The van der Waals surface area contributed by atoms with Crippen LogP contribution in [0.1, 0.15) is 51.4 Å². The fraction of sp³-hybridized carbons (Fsp3) is 0.923. The van der Waals surface area contributed by atoms with E-state index in [9.17, 15) is 4.79 Å². The van der Waals surface area contributed by atoms with E-state index in [4.69, 9.17) is 4.74 Å². The third-order valence-corrected chi connectivity index (χ3v) is 3.74. The molecule has 92 valence electrons. The molecule has 2 rings (SSSR count). The van der Waals surface area contributed by atoms with Crippen LogP contribution < -0.4 is 5.32 Å². The highest BCUT2D eigenvalue weighted by atomic mass is 16.5. The molecule has 0 unspecified atom stereocenters. The van der Waals surface area contributed by atoms with Crippen molar-refractivity contribution in [3.63, 3.8) is 0 Å². The maximum Gasteiger partial charge on any atom is 0.220 e. The van der Waals surface area contributed by atoms with Gasteiger partial charge in [-0.1, -0.05) is 32.1 Å². The van der Waals surface area contributed by atoms with E-state index >= 15 is 0 Å². The summed E-state index contributed by atoms with van der Waals surface area (Å²) in [5, 5.41) is 2.99. The normalized spacial score (nSPS) is 22.8. The molecule has 3 heteroatoms. The topological polar surface area (TPSA) is 38.3 Å². The van der Waals surface area contributed by atoms with E-state index < -0.39 is 0 Å². The van der Waals surface area contributed by atoms with Gasteiger partial charge in [-0.3, -0.25) is 4.79 Å². The van der Waals surface area contributed by atoms with Crippen molar-refractivity contribution >= 4 is 5.91 Å². The molecule has 2 aliphatic rings. The van der Waals surface area contributed by atoms with Gasteiger partial charge in [0.15, 0.2) is 0 Å². The molecule has 1 N–H and O–H groups in total. The molecule has 1 saturated carbocycles. The first-order chi connectivity index (χ1) is 7.84. The fourth-order valence-electron chi connectivity index (χ4n) is 2.65. The van der Waals surface area contributed by atoms with Crippen LogP contribution in [0.3, 0.4) is 0 Å². The second-order valence-corrected chi connectivity index (χ2v) is 5.20. The number of rotatable bonds is 5. The predicted octanol–water partition coefficient (Wildman–Crippen LogP) is 2.25. The molecular weight excluding hydrogens is 202 g/mol. The van der Waals surface area contributed by atoms with E-state index in [1.807, 2.05) is 0 Å². The van der Waals surface area contributed by atoms with Crippen LogP contribution in [-0.2, 0) is 9.53 Å². The van der Waals surface area contributed by atoms with Gasteiger partial charge in [0.2, 0.25) is 5.91 Å². The van der Waals surface area contributed by atoms with E-state index in [0.717, 1.165) is 12.3 Å². The maximum absolute atomic E-state index is 11.5. The highest BCUT2D eigenvalue weighted by molar-refractivity contribution is 5.76. The molecule has 0 aromatic rings. The lowest BCUT2D eigenvalue weighted by Crippen LogP contribution is -2.48. The van der Waals surface area contributed by atoms with Crippen molar-refractivity contribution in [1.82, 2.24) is 5.32 Å². The number of carbonyl (C=O) groups excluding carboxylic acids is 1. The van der Waals surface area contributed by atoms with Crippen LogP contribution in [0.15, 0.2) is 0 Å². The van der Waals surface area contributed by atoms with Crippen molar-refractivity contribution in [3.05, 3.63) is 0 Å². The van der Waals surface area contributed by atoms with Crippen molar-refractivity contribution in [2.75, 3.05) is 13.2 Å². The highest BCUT2D eigenvalue weighted by Crippen LogP contribution is 2.27. The molecule has 0 aromatic heterocycles. The zero-order valence-corrected chi connectivity index (χ0v) is 10.0. The van der Waals surface area contributed by atoms with Crippen LogP contribution in [0.25, 0.3) is 0 Å². The molecule has 0 atom stereocenters. The number of amides is 1. The summed E-state index contributed by atoms with van der Waals surface area (Å²) in [5.41, 5.74) is 0. The maximum atomic E-state index is 11.5. The largest absolute Gasteiger partial charge is 0.377 e. The number of hydrogen-bond donors (Lipinski definition) is 1. The Balaban J connectivity index is 1.51. The third-order valence-electron chi connectivity index (χ3n) is 3.74.